The van der Waals surface area contributed by atoms with E-state index in [4.69, 9.17) is 13.9 Å². The van der Waals surface area contributed by atoms with Gasteiger partial charge in [0.15, 0.2) is 14.1 Å². The minimum absolute atomic E-state index is 0.0846. The van der Waals surface area contributed by atoms with Gasteiger partial charge >= 0.3 is 0 Å². The highest BCUT2D eigenvalue weighted by Gasteiger charge is 2.48. The first-order valence-corrected chi connectivity index (χ1v) is 10.5. The molecule has 1 heterocycles. The van der Waals surface area contributed by atoms with Crippen molar-refractivity contribution in [2.75, 3.05) is 6.61 Å². The van der Waals surface area contributed by atoms with Crippen molar-refractivity contribution in [3.63, 3.8) is 0 Å². The summed E-state index contributed by atoms with van der Waals surface area (Å²) < 4.78 is 18.2. The van der Waals surface area contributed by atoms with Crippen LogP contribution in [-0.4, -0.2) is 44.1 Å². The molecular weight excluding hydrogens is 284 g/mol. The SMILES string of the molecule is C=C(C)[C@@H](O[Si](C)(C)C(C)(C)C)[C@H]1OC(C)(C)O[C@@H]1CO. The molecule has 1 aliphatic rings. The number of aliphatic hydroxyl groups excluding tert-OH is 1. The van der Waals surface area contributed by atoms with Gasteiger partial charge < -0.3 is 19.0 Å². The maximum atomic E-state index is 9.58. The van der Waals surface area contributed by atoms with Crippen LogP contribution in [0, 0.1) is 0 Å². The Hall–Kier alpha value is -0.203. The molecule has 0 bridgehead atoms. The summed E-state index contributed by atoms with van der Waals surface area (Å²) in [6.45, 7) is 20.7. The molecule has 21 heavy (non-hydrogen) atoms. The molecule has 1 N–H and O–H groups in total. The highest BCUT2D eigenvalue weighted by molar-refractivity contribution is 6.74. The number of hydrogen-bond acceptors (Lipinski definition) is 4. The normalized spacial score (nSPS) is 27.7. The Balaban J connectivity index is 3.00. The summed E-state index contributed by atoms with van der Waals surface area (Å²) in [6.07, 6.45) is -0.965. The first-order chi connectivity index (χ1) is 9.31. The maximum Gasteiger partial charge on any atom is 0.193 e. The fraction of sp³-hybridized carbons (Fsp3) is 0.875. The highest BCUT2D eigenvalue weighted by Crippen LogP contribution is 2.40. The molecular formula is C16H32O4Si. The molecule has 0 spiro atoms. The highest BCUT2D eigenvalue weighted by atomic mass is 28.4. The standard InChI is InChI=1S/C16H32O4Si/c1-11(2)13(20-21(8,9)15(3,4)5)14-12(10-17)18-16(6,7)19-14/h12-14,17H,1,10H2,2-9H3/t12-,13-,14+/m1/s1. The van der Waals surface area contributed by atoms with Crippen molar-refractivity contribution in [1.29, 1.82) is 0 Å². The van der Waals surface area contributed by atoms with Gasteiger partial charge in [-0.05, 0) is 38.9 Å². The zero-order valence-electron chi connectivity index (χ0n) is 14.8. The van der Waals surface area contributed by atoms with E-state index in [2.05, 4.69) is 40.4 Å². The predicted octanol–water partition coefficient (Wildman–Crippen LogP) is 3.47. The molecule has 0 unspecified atom stereocenters. The Morgan fingerprint density at radius 1 is 1.33 bits per heavy atom. The van der Waals surface area contributed by atoms with Crippen LogP contribution in [0.1, 0.15) is 41.5 Å². The molecule has 124 valence electrons. The summed E-state index contributed by atoms with van der Waals surface area (Å²) in [7, 11) is -1.97. The second-order valence-electron chi connectivity index (χ2n) is 7.97. The van der Waals surface area contributed by atoms with Gasteiger partial charge in [-0.1, -0.05) is 32.9 Å². The number of ether oxygens (including phenoxy) is 2. The van der Waals surface area contributed by atoms with Crippen LogP contribution in [0.2, 0.25) is 18.1 Å². The van der Waals surface area contributed by atoms with Crippen LogP contribution in [0.15, 0.2) is 12.2 Å². The Morgan fingerprint density at radius 2 is 1.86 bits per heavy atom. The summed E-state index contributed by atoms with van der Waals surface area (Å²) in [6, 6.07) is 0. The fourth-order valence-electron chi connectivity index (χ4n) is 2.20. The van der Waals surface area contributed by atoms with Gasteiger partial charge in [0.1, 0.15) is 12.2 Å². The van der Waals surface area contributed by atoms with Crippen molar-refractivity contribution >= 4 is 8.32 Å². The van der Waals surface area contributed by atoms with Gasteiger partial charge in [-0.25, -0.2) is 0 Å². The van der Waals surface area contributed by atoms with Crippen molar-refractivity contribution < 1.29 is 19.0 Å². The van der Waals surface area contributed by atoms with E-state index in [9.17, 15) is 5.11 Å². The van der Waals surface area contributed by atoms with Gasteiger partial charge in [0.25, 0.3) is 0 Å². The van der Waals surface area contributed by atoms with E-state index < -0.39 is 14.1 Å². The number of rotatable bonds is 5. The van der Waals surface area contributed by atoms with Crippen molar-refractivity contribution in [2.45, 2.75) is 83.8 Å². The van der Waals surface area contributed by atoms with Crippen molar-refractivity contribution in [3.05, 3.63) is 12.2 Å². The van der Waals surface area contributed by atoms with Crippen LogP contribution in [0.25, 0.3) is 0 Å². The maximum absolute atomic E-state index is 9.58. The summed E-state index contributed by atoms with van der Waals surface area (Å²) >= 11 is 0. The van der Waals surface area contributed by atoms with Crippen molar-refractivity contribution in [3.8, 4) is 0 Å². The Bertz CT molecular complexity index is 384. The van der Waals surface area contributed by atoms with Crippen LogP contribution in [0.5, 0.6) is 0 Å². The zero-order valence-corrected chi connectivity index (χ0v) is 15.8. The molecule has 1 rings (SSSR count). The first kappa shape index (κ1) is 18.8. The predicted molar refractivity (Wildman–Crippen MR) is 87.8 cm³/mol. The average molecular weight is 317 g/mol. The van der Waals surface area contributed by atoms with Crippen LogP contribution in [0.3, 0.4) is 0 Å². The minimum Gasteiger partial charge on any atom is -0.408 e. The lowest BCUT2D eigenvalue weighted by Gasteiger charge is -2.41. The summed E-state index contributed by atoms with van der Waals surface area (Å²) in [5.41, 5.74) is 0.907. The summed E-state index contributed by atoms with van der Waals surface area (Å²) in [5.74, 6) is -0.706. The van der Waals surface area contributed by atoms with E-state index in [1.807, 2.05) is 20.8 Å². The van der Waals surface area contributed by atoms with Gasteiger partial charge in [0.05, 0.1) is 12.7 Å². The molecule has 0 aliphatic carbocycles. The molecule has 0 aromatic rings. The summed E-state index contributed by atoms with van der Waals surface area (Å²) in [5, 5.41) is 9.68. The topological polar surface area (TPSA) is 47.9 Å². The molecule has 0 aromatic heterocycles. The molecule has 5 heteroatoms. The number of aliphatic hydroxyl groups is 1. The lowest BCUT2D eigenvalue weighted by molar-refractivity contribution is -0.154. The number of hydrogen-bond donors (Lipinski definition) is 1. The second kappa shape index (κ2) is 6.12. The van der Waals surface area contributed by atoms with Crippen LogP contribution in [-0.2, 0) is 13.9 Å². The van der Waals surface area contributed by atoms with E-state index in [1.165, 1.54) is 0 Å². The van der Waals surface area contributed by atoms with Crippen LogP contribution >= 0.6 is 0 Å². The quantitative estimate of drug-likeness (QED) is 0.623. The van der Waals surface area contributed by atoms with E-state index in [0.29, 0.717) is 0 Å². The van der Waals surface area contributed by atoms with E-state index in [0.717, 1.165) is 5.57 Å². The van der Waals surface area contributed by atoms with Gasteiger partial charge in [0, 0.05) is 0 Å². The minimum atomic E-state index is -1.97. The van der Waals surface area contributed by atoms with E-state index >= 15 is 0 Å². The van der Waals surface area contributed by atoms with Crippen LogP contribution in [0.4, 0.5) is 0 Å². The zero-order chi connectivity index (χ0) is 16.6. The van der Waals surface area contributed by atoms with Gasteiger partial charge in [-0.2, -0.15) is 0 Å². The lowest BCUT2D eigenvalue weighted by atomic mass is 10.0. The molecule has 3 atom stereocenters. The van der Waals surface area contributed by atoms with Gasteiger partial charge in [0.2, 0.25) is 0 Å². The van der Waals surface area contributed by atoms with Crippen LogP contribution < -0.4 is 0 Å². The molecule has 1 aliphatic heterocycles. The first-order valence-electron chi connectivity index (χ1n) is 7.60. The third-order valence-corrected chi connectivity index (χ3v) is 8.87. The van der Waals surface area contributed by atoms with E-state index in [1.54, 1.807) is 0 Å². The Labute approximate surface area is 130 Å². The largest absolute Gasteiger partial charge is 0.408 e. The van der Waals surface area contributed by atoms with Gasteiger partial charge in [-0.15, -0.1) is 0 Å². The van der Waals surface area contributed by atoms with Crippen molar-refractivity contribution in [2.24, 2.45) is 0 Å². The third kappa shape index (κ3) is 4.39. The molecule has 4 nitrogen and oxygen atoms in total. The molecule has 0 radical (unpaired) electrons. The second-order valence-corrected chi connectivity index (χ2v) is 12.7. The van der Waals surface area contributed by atoms with Gasteiger partial charge in [-0.3, -0.25) is 0 Å². The molecule has 0 amide bonds. The van der Waals surface area contributed by atoms with Crippen molar-refractivity contribution in [1.82, 2.24) is 0 Å². The molecule has 0 aromatic carbocycles. The summed E-state index contributed by atoms with van der Waals surface area (Å²) in [4.78, 5) is 0. The molecule has 0 saturated carbocycles. The smallest absolute Gasteiger partial charge is 0.193 e. The average Bonchev–Trinajstić information content (AvgIpc) is 2.59. The lowest BCUT2D eigenvalue weighted by Crippen LogP contribution is -2.50. The molecule has 1 saturated heterocycles. The Morgan fingerprint density at radius 3 is 2.24 bits per heavy atom. The Kier molecular flexibility index (Phi) is 5.50. The fourth-order valence-corrected chi connectivity index (χ4v) is 3.53. The molecule has 1 fully saturated rings. The third-order valence-electron chi connectivity index (χ3n) is 4.41. The monoisotopic (exact) mass is 316 g/mol. The van der Waals surface area contributed by atoms with E-state index in [-0.39, 0.29) is 30.0 Å².